The van der Waals surface area contributed by atoms with Crippen LogP contribution in [-0.4, -0.2) is 42.3 Å². The van der Waals surface area contributed by atoms with Gasteiger partial charge in [0.05, 0.1) is 7.11 Å². The number of ether oxygens (including phenoxy) is 1. The third-order valence-corrected chi connectivity index (χ3v) is 3.54. The molecule has 0 saturated heterocycles. The second-order valence-electron chi connectivity index (χ2n) is 4.45. The summed E-state index contributed by atoms with van der Waals surface area (Å²) in [4.78, 5) is 22.9. The number of hydrogen-bond acceptors (Lipinski definition) is 4. The zero-order valence-corrected chi connectivity index (χ0v) is 13.1. The fraction of sp³-hybridized carbons (Fsp3) is 0.429. The van der Waals surface area contributed by atoms with Gasteiger partial charge < -0.3 is 20.5 Å². The predicted molar refractivity (Wildman–Crippen MR) is 84.3 cm³/mol. The standard InChI is InChI=1S/C14H20N2O4S/c1-9-8-10(20-2)4-5-11(9)15-14(19)16-12(13(17)18)6-7-21-3/h4-5,8,12H,6-7H2,1-3H3,(H,17,18)(H2,15,16,19)/t12-/m1/s1. The van der Waals surface area contributed by atoms with Crippen molar-refractivity contribution in [3.8, 4) is 5.75 Å². The van der Waals surface area contributed by atoms with Crippen molar-refractivity contribution in [1.82, 2.24) is 5.32 Å². The van der Waals surface area contributed by atoms with E-state index < -0.39 is 18.0 Å². The van der Waals surface area contributed by atoms with E-state index in [1.807, 2.05) is 13.2 Å². The van der Waals surface area contributed by atoms with E-state index in [9.17, 15) is 9.59 Å². The third kappa shape index (κ3) is 5.55. The fourth-order valence-corrected chi connectivity index (χ4v) is 2.18. The maximum atomic E-state index is 11.9. The molecule has 0 spiro atoms. The number of anilines is 1. The summed E-state index contributed by atoms with van der Waals surface area (Å²) in [6, 6.07) is 3.81. The smallest absolute Gasteiger partial charge is 0.326 e. The van der Waals surface area contributed by atoms with Crippen LogP contribution in [0, 0.1) is 6.92 Å². The van der Waals surface area contributed by atoms with Gasteiger partial charge in [-0.2, -0.15) is 11.8 Å². The molecule has 0 bridgehead atoms. The molecule has 0 aliphatic heterocycles. The fourth-order valence-electron chi connectivity index (χ4n) is 1.71. The van der Waals surface area contributed by atoms with Crippen LogP contribution in [0.15, 0.2) is 18.2 Å². The number of benzene rings is 1. The van der Waals surface area contributed by atoms with Gasteiger partial charge in [0.15, 0.2) is 0 Å². The van der Waals surface area contributed by atoms with E-state index in [2.05, 4.69) is 10.6 Å². The molecule has 0 radical (unpaired) electrons. The molecule has 1 aromatic carbocycles. The number of aryl methyl sites for hydroxylation is 1. The van der Waals surface area contributed by atoms with E-state index in [-0.39, 0.29) is 0 Å². The van der Waals surface area contributed by atoms with Crippen molar-refractivity contribution < 1.29 is 19.4 Å². The molecule has 1 atom stereocenters. The van der Waals surface area contributed by atoms with E-state index in [1.165, 1.54) is 11.8 Å². The highest BCUT2D eigenvalue weighted by atomic mass is 32.2. The van der Waals surface area contributed by atoms with Crippen LogP contribution in [0.25, 0.3) is 0 Å². The number of carboxylic acid groups (broad SMARTS) is 1. The van der Waals surface area contributed by atoms with Crippen molar-refractivity contribution in [2.75, 3.05) is 24.4 Å². The molecule has 7 heteroatoms. The summed E-state index contributed by atoms with van der Waals surface area (Å²) in [5.41, 5.74) is 1.45. The molecule has 116 valence electrons. The lowest BCUT2D eigenvalue weighted by molar-refractivity contribution is -0.139. The number of rotatable bonds is 7. The van der Waals surface area contributed by atoms with Gasteiger partial charge in [-0.25, -0.2) is 9.59 Å². The Morgan fingerprint density at radius 1 is 1.43 bits per heavy atom. The first-order valence-electron chi connectivity index (χ1n) is 6.41. The largest absolute Gasteiger partial charge is 0.497 e. The number of thioether (sulfide) groups is 1. The first-order chi connectivity index (χ1) is 9.97. The number of carbonyl (C=O) groups is 2. The highest BCUT2D eigenvalue weighted by Crippen LogP contribution is 2.20. The summed E-state index contributed by atoms with van der Waals surface area (Å²) in [6.45, 7) is 1.83. The number of carbonyl (C=O) groups excluding carboxylic acids is 1. The molecule has 0 unspecified atom stereocenters. The topological polar surface area (TPSA) is 87.7 Å². The Labute approximate surface area is 128 Å². The summed E-state index contributed by atoms with van der Waals surface area (Å²) in [7, 11) is 1.57. The zero-order valence-electron chi connectivity index (χ0n) is 12.3. The maximum Gasteiger partial charge on any atom is 0.326 e. The van der Waals surface area contributed by atoms with Crippen molar-refractivity contribution in [3.63, 3.8) is 0 Å². The molecule has 2 amide bonds. The van der Waals surface area contributed by atoms with Gasteiger partial charge in [0.2, 0.25) is 0 Å². The zero-order chi connectivity index (χ0) is 15.8. The SMILES string of the molecule is COc1ccc(NC(=O)N[C@H](CCSC)C(=O)O)c(C)c1. The Kier molecular flexibility index (Phi) is 6.87. The minimum Gasteiger partial charge on any atom is -0.497 e. The van der Waals surface area contributed by atoms with Crippen LogP contribution < -0.4 is 15.4 Å². The lowest BCUT2D eigenvalue weighted by Gasteiger charge is -2.15. The summed E-state index contributed by atoms with van der Waals surface area (Å²) in [5.74, 6) is 0.325. The number of urea groups is 1. The number of methoxy groups -OCH3 is 1. The van der Waals surface area contributed by atoms with E-state index in [1.54, 1.807) is 25.3 Å². The Hall–Kier alpha value is -1.89. The van der Waals surface area contributed by atoms with E-state index in [0.29, 0.717) is 23.6 Å². The Bertz CT molecular complexity index is 508. The van der Waals surface area contributed by atoms with Crippen LogP contribution in [0.5, 0.6) is 5.75 Å². The van der Waals surface area contributed by atoms with Gasteiger partial charge in [-0.3, -0.25) is 0 Å². The molecule has 0 aromatic heterocycles. The van der Waals surface area contributed by atoms with Gasteiger partial charge in [-0.05, 0) is 49.1 Å². The van der Waals surface area contributed by atoms with Gasteiger partial charge in [0.25, 0.3) is 0 Å². The van der Waals surface area contributed by atoms with Gasteiger partial charge in [0.1, 0.15) is 11.8 Å². The van der Waals surface area contributed by atoms with Crippen LogP contribution >= 0.6 is 11.8 Å². The highest BCUT2D eigenvalue weighted by molar-refractivity contribution is 7.98. The number of nitrogens with one attached hydrogen (secondary N) is 2. The van der Waals surface area contributed by atoms with Gasteiger partial charge in [-0.1, -0.05) is 0 Å². The minimum atomic E-state index is -1.04. The van der Waals surface area contributed by atoms with Crippen LogP contribution in [0.2, 0.25) is 0 Å². The molecule has 0 aliphatic carbocycles. The lowest BCUT2D eigenvalue weighted by Crippen LogP contribution is -2.43. The van der Waals surface area contributed by atoms with Gasteiger partial charge >= 0.3 is 12.0 Å². The summed E-state index contributed by atoms with van der Waals surface area (Å²) in [6.07, 6.45) is 2.27. The average Bonchev–Trinajstić information content (AvgIpc) is 2.45. The Balaban J connectivity index is 2.65. The third-order valence-electron chi connectivity index (χ3n) is 2.90. The molecule has 3 N–H and O–H groups in total. The number of amides is 2. The quantitative estimate of drug-likeness (QED) is 0.719. The van der Waals surface area contributed by atoms with Crippen LogP contribution in [0.1, 0.15) is 12.0 Å². The average molecular weight is 312 g/mol. The molecule has 0 fully saturated rings. The molecule has 1 rings (SSSR count). The lowest BCUT2D eigenvalue weighted by atomic mass is 10.2. The molecule has 6 nitrogen and oxygen atoms in total. The highest BCUT2D eigenvalue weighted by Gasteiger charge is 2.19. The first kappa shape index (κ1) is 17.2. The summed E-state index contributed by atoms with van der Waals surface area (Å²) in [5, 5.41) is 14.2. The summed E-state index contributed by atoms with van der Waals surface area (Å²) < 4.78 is 5.09. The second-order valence-corrected chi connectivity index (χ2v) is 5.44. The number of aliphatic carboxylic acids is 1. The minimum absolute atomic E-state index is 0.380. The maximum absolute atomic E-state index is 11.9. The Morgan fingerprint density at radius 3 is 2.67 bits per heavy atom. The van der Waals surface area contributed by atoms with Gasteiger partial charge in [0, 0.05) is 5.69 Å². The van der Waals surface area contributed by atoms with E-state index in [4.69, 9.17) is 9.84 Å². The van der Waals surface area contributed by atoms with Crippen LogP contribution in [-0.2, 0) is 4.79 Å². The molecule has 1 aromatic rings. The number of hydrogen-bond donors (Lipinski definition) is 3. The molecular weight excluding hydrogens is 292 g/mol. The van der Waals surface area contributed by atoms with E-state index in [0.717, 1.165) is 5.56 Å². The van der Waals surface area contributed by atoms with Crippen molar-refractivity contribution >= 4 is 29.4 Å². The predicted octanol–water partition coefficient (Wildman–Crippen LogP) is 2.33. The van der Waals surface area contributed by atoms with Gasteiger partial charge in [-0.15, -0.1) is 0 Å². The monoisotopic (exact) mass is 312 g/mol. The van der Waals surface area contributed by atoms with Crippen molar-refractivity contribution in [2.24, 2.45) is 0 Å². The van der Waals surface area contributed by atoms with Crippen molar-refractivity contribution in [1.29, 1.82) is 0 Å². The summed E-state index contributed by atoms with van der Waals surface area (Å²) >= 11 is 1.54. The normalized spacial score (nSPS) is 11.6. The van der Waals surface area contributed by atoms with Crippen LogP contribution in [0.4, 0.5) is 10.5 Å². The van der Waals surface area contributed by atoms with Crippen molar-refractivity contribution in [3.05, 3.63) is 23.8 Å². The first-order valence-corrected chi connectivity index (χ1v) is 7.81. The van der Waals surface area contributed by atoms with Crippen LogP contribution in [0.3, 0.4) is 0 Å². The Morgan fingerprint density at radius 2 is 2.14 bits per heavy atom. The molecule has 21 heavy (non-hydrogen) atoms. The number of carboxylic acids is 1. The second kappa shape index (κ2) is 8.41. The molecule has 0 saturated carbocycles. The van der Waals surface area contributed by atoms with Crippen molar-refractivity contribution in [2.45, 2.75) is 19.4 Å². The molecular formula is C14H20N2O4S. The van der Waals surface area contributed by atoms with E-state index >= 15 is 0 Å². The molecule has 0 heterocycles. The molecule has 0 aliphatic rings.